The molecule has 0 aromatic carbocycles. The molecule has 0 spiro atoms. The summed E-state index contributed by atoms with van der Waals surface area (Å²) in [6, 6.07) is 4.42. The standard InChI is InChI=1S/C19H22N6O2/c1-12-4-2-9-25-14(10-20-17(12)25)11-24-8-3-5-15(24)19-22-16(23-27-19)18(26)21-13-6-7-13/h2,4,9-10,13,15H,3,5-8,11H2,1H3,(H,21,26)/t15-/m1/s1. The fourth-order valence-electron chi connectivity index (χ4n) is 3.76. The number of pyridine rings is 1. The van der Waals surface area contributed by atoms with E-state index in [0.717, 1.165) is 55.7 Å². The lowest BCUT2D eigenvalue weighted by molar-refractivity contribution is 0.0937. The van der Waals surface area contributed by atoms with Crippen LogP contribution in [-0.2, 0) is 6.54 Å². The van der Waals surface area contributed by atoms with Crippen LogP contribution in [0.25, 0.3) is 5.65 Å². The van der Waals surface area contributed by atoms with Crippen molar-refractivity contribution in [3.05, 3.63) is 47.5 Å². The second kappa shape index (κ2) is 6.45. The monoisotopic (exact) mass is 366 g/mol. The predicted octanol–water partition coefficient (Wildman–Crippen LogP) is 2.26. The summed E-state index contributed by atoms with van der Waals surface area (Å²) >= 11 is 0. The minimum atomic E-state index is -0.241. The van der Waals surface area contributed by atoms with Crippen LogP contribution in [0.15, 0.2) is 29.0 Å². The Hall–Kier alpha value is -2.74. The molecule has 3 aromatic heterocycles. The second-order valence-electron chi connectivity index (χ2n) is 7.47. The van der Waals surface area contributed by atoms with Gasteiger partial charge in [-0.3, -0.25) is 9.69 Å². The van der Waals surface area contributed by atoms with Crippen molar-refractivity contribution in [1.82, 2.24) is 29.7 Å². The number of likely N-dealkylation sites (tertiary alicyclic amines) is 1. The highest BCUT2D eigenvalue weighted by molar-refractivity contribution is 5.90. The van der Waals surface area contributed by atoms with Crippen LogP contribution in [0.2, 0.25) is 0 Å². The Morgan fingerprint density at radius 1 is 1.37 bits per heavy atom. The number of aryl methyl sites for hydroxylation is 1. The largest absolute Gasteiger partial charge is 0.346 e. The first-order valence-electron chi connectivity index (χ1n) is 9.49. The van der Waals surface area contributed by atoms with E-state index in [1.165, 1.54) is 0 Å². The van der Waals surface area contributed by atoms with Gasteiger partial charge in [-0.25, -0.2) is 4.98 Å². The van der Waals surface area contributed by atoms with Gasteiger partial charge in [-0.15, -0.1) is 0 Å². The molecule has 0 radical (unpaired) electrons. The zero-order valence-electron chi connectivity index (χ0n) is 15.3. The Balaban J connectivity index is 1.35. The van der Waals surface area contributed by atoms with E-state index in [1.54, 1.807) is 0 Å². The van der Waals surface area contributed by atoms with E-state index in [0.29, 0.717) is 5.89 Å². The van der Waals surface area contributed by atoms with Gasteiger partial charge in [-0.1, -0.05) is 11.2 Å². The number of carbonyl (C=O) groups is 1. The third-order valence-electron chi connectivity index (χ3n) is 5.38. The van der Waals surface area contributed by atoms with Crippen LogP contribution in [0.1, 0.15) is 59.5 Å². The Morgan fingerprint density at radius 2 is 2.26 bits per heavy atom. The number of rotatable bonds is 5. The first kappa shape index (κ1) is 16.4. The highest BCUT2D eigenvalue weighted by atomic mass is 16.5. The average molecular weight is 366 g/mol. The molecule has 8 heteroatoms. The number of hydrogen-bond acceptors (Lipinski definition) is 6. The van der Waals surface area contributed by atoms with Crippen LogP contribution in [0.5, 0.6) is 0 Å². The molecular formula is C19H22N6O2. The molecule has 1 saturated heterocycles. The number of nitrogens with zero attached hydrogens (tertiary/aromatic N) is 5. The normalized spacial score (nSPS) is 20.4. The molecule has 140 valence electrons. The lowest BCUT2D eigenvalue weighted by Gasteiger charge is -2.21. The molecule has 5 rings (SSSR count). The maximum absolute atomic E-state index is 12.1. The molecule has 4 heterocycles. The molecule has 0 unspecified atom stereocenters. The van der Waals surface area contributed by atoms with Gasteiger partial charge in [0.15, 0.2) is 0 Å². The van der Waals surface area contributed by atoms with Gasteiger partial charge in [0.2, 0.25) is 5.89 Å². The van der Waals surface area contributed by atoms with Crippen molar-refractivity contribution >= 4 is 11.6 Å². The van der Waals surface area contributed by atoms with Crippen molar-refractivity contribution in [2.75, 3.05) is 6.54 Å². The highest BCUT2D eigenvalue weighted by Gasteiger charge is 2.33. The van der Waals surface area contributed by atoms with Crippen LogP contribution >= 0.6 is 0 Å². The summed E-state index contributed by atoms with van der Waals surface area (Å²) < 4.78 is 7.57. The molecule has 2 aliphatic rings. The molecule has 2 fully saturated rings. The van der Waals surface area contributed by atoms with Gasteiger partial charge in [0.05, 0.1) is 17.9 Å². The Morgan fingerprint density at radius 3 is 3.11 bits per heavy atom. The summed E-state index contributed by atoms with van der Waals surface area (Å²) in [4.78, 5) is 23.4. The zero-order valence-corrected chi connectivity index (χ0v) is 15.3. The van der Waals surface area contributed by atoms with Gasteiger partial charge in [0, 0.05) is 18.8 Å². The lowest BCUT2D eigenvalue weighted by Crippen LogP contribution is -2.27. The molecular weight excluding hydrogens is 344 g/mol. The van der Waals surface area contributed by atoms with Crippen LogP contribution < -0.4 is 5.32 Å². The van der Waals surface area contributed by atoms with Crippen LogP contribution in [0.3, 0.4) is 0 Å². The number of aromatic nitrogens is 4. The summed E-state index contributed by atoms with van der Waals surface area (Å²) in [6.45, 7) is 3.77. The second-order valence-corrected chi connectivity index (χ2v) is 7.47. The van der Waals surface area contributed by atoms with E-state index in [1.807, 2.05) is 18.5 Å². The maximum atomic E-state index is 12.1. The van der Waals surface area contributed by atoms with Gasteiger partial charge in [0.1, 0.15) is 5.65 Å². The van der Waals surface area contributed by atoms with Crippen molar-refractivity contribution in [2.24, 2.45) is 0 Å². The first-order valence-corrected chi connectivity index (χ1v) is 9.49. The topological polar surface area (TPSA) is 88.6 Å². The Labute approximate surface area is 156 Å². The van der Waals surface area contributed by atoms with Gasteiger partial charge in [-0.05, 0) is 50.8 Å². The maximum Gasteiger partial charge on any atom is 0.292 e. The number of fused-ring (bicyclic) bond motifs is 1. The molecule has 27 heavy (non-hydrogen) atoms. The summed E-state index contributed by atoms with van der Waals surface area (Å²) in [5.41, 5.74) is 3.27. The molecule has 1 aliphatic carbocycles. The van der Waals surface area contributed by atoms with E-state index in [-0.39, 0.29) is 23.8 Å². The van der Waals surface area contributed by atoms with E-state index in [2.05, 4.69) is 42.7 Å². The Bertz CT molecular complexity index is 989. The fourth-order valence-corrected chi connectivity index (χ4v) is 3.76. The SMILES string of the molecule is Cc1cccn2c(CN3CCC[C@@H]3c3nc(C(=O)NC4CC4)no3)cnc12. The highest BCUT2D eigenvalue weighted by Crippen LogP contribution is 2.32. The van der Waals surface area contributed by atoms with Gasteiger partial charge < -0.3 is 14.2 Å². The van der Waals surface area contributed by atoms with Crippen LogP contribution in [-0.4, -0.2) is 42.9 Å². The number of imidazole rings is 1. The summed E-state index contributed by atoms with van der Waals surface area (Å²) in [6.07, 6.45) is 8.05. The molecule has 0 bridgehead atoms. The summed E-state index contributed by atoms with van der Waals surface area (Å²) in [5, 5.41) is 6.79. The van der Waals surface area contributed by atoms with E-state index < -0.39 is 0 Å². The van der Waals surface area contributed by atoms with Crippen molar-refractivity contribution in [1.29, 1.82) is 0 Å². The quantitative estimate of drug-likeness (QED) is 0.745. The first-order chi connectivity index (χ1) is 13.2. The van der Waals surface area contributed by atoms with Crippen molar-refractivity contribution < 1.29 is 9.32 Å². The van der Waals surface area contributed by atoms with E-state index in [9.17, 15) is 4.79 Å². The third kappa shape index (κ3) is 3.10. The van der Waals surface area contributed by atoms with Gasteiger partial charge in [0.25, 0.3) is 11.7 Å². The molecule has 1 atom stereocenters. The van der Waals surface area contributed by atoms with Crippen molar-refractivity contribution in [2.45, 2.75) is 51.2 Å². The molecule has 3 aromatic rings. The number of nitrogens with one attached hydrogen (secondary N) is 1. The minimum absolute atomic E-state index is 0.0373. The summed E-state index contributed by atoms with van der Waals surface area (Å²) in [7, 11) is 0. The van der Waals surface area contributed by atoms with Crippen LogP contribution in [0, 0.1) is 6.92 Å². The van der Waals surface area contributed by atoms with Crippen molar-refractivity contribution in [3.63, 3.8) is 0 Å². The summed E-state index contributed by atoms with van der Waals surface area (Å²) in [5.74, 6) is 0.418. The average Bonchev–Trinajstić information content (AvgIpc) is 3.06. The minimum Gasteiger partial charge on any atom is -0.346 e. The van der Waals surface area contributed by atoms with Gasteiger partial charge >= 0.3 is 0 Å². The predicted molar refractivity (Wildman–Crippen MR) is 97.1 cm³/mol. The molecule has 8 nitrogen and oxygen atoms in total. The molecule has 1 amide bonds. The zero-order chi connectivity index (χ0) is 18.4. The van der Waals surface area contributed by atoms with Gasteiger partial charge in [-0.2, -0.15) is 4.98 Å². The van der Waals surface area contributed by atoms with E-state index >= 15 is 0 Å². The molecule has 1 N–H and O–H groups in total. The number of carbonyl (C=O) groups excluding carboxylic acids is 1. The fraction of sp³-hybridized carbons (Fsp3) is 0.474. The molecule has 1 aliphatic heterocycles. The number of amides is 1. The Kier molecular flexibility index (Phi) is 3.93. The molecule has 1 saturated carbocycles. The van der Waals surface area contributed by atoms with Crippen molar-refractivity contribution in [3.8, 4) is 0 Å². The number of hydrogen-bond donors (Lipinski definition) is 1. The van der Waals surface area contributed by atoms with Crippen LogP contribution in [0.4, 0.5) is 0 Å². The lowest BCUT2D eigenvalue weighted by atomic mass is 10.2. The third-order valence-corrected chi connectivity index (χ3v) is 5.38. The smallest absolute Gasteiger partial charge is 0.292 e. The van der Waals surface area contributed by atoms with E-state index in [4.69, 9.17) is 4.52 Å².